The van der Waals surface area contributed by atoms with Gasteiger partial charge in [-0.1, -0.05) is 48.5 Å². The first-order valence-corrected chi connectivity index (χ1v) is 11.5. The number of fused-ring (bicyclic) bond motifs is 3. The summed E-state index contributed by atoms with van der Waals surface area (Å²) in [4.78, 5) is 22.8. The van der Waals surface area contributed by atoms with E-state index in [1.54, 1.807) is 36.4 Å². The molecule has 3 N–H and O–H groups in total. The van der Waals surface area contributed by atoms with Gasteiger partial charge >= 0.3 is 0 Å². The Morgan fingerprint density at radius 3 is 2.65 bits per heavy atom. The number of amides is 1. The van der Waals surface area contributed by atoms with Gasteiger partial charge < -0.3 is 20.2 Å². The number of nitrogen functional groups attached to an aromatic ring is 1. The van der Waals surface area contributed by atoms with E-state index in [-0.39, 0.29) is 18.4 Å². The minimum Gasteiger partial charge on any atom is -0.496 e. The molecule has 2 aromatic carbocycles. The number of rotatable bonds is 7. The van der Waals surface area contributed by atoms with Crippen LogP contribution in [0.15, 0.2) is 83.6 Å². The Hall–Kier alpha value is -5.19. The molecule has 184 valence electrons. The quantitative estimate of drug-likeness (QED) is 0.345. The average molecular weight is 495 g/mol. The van der Waals surface area contributed by atoms with Crippen LogP contribution in [0.3, 0.4) is 0 Å². The van der Waals surface area contributed by atoms with Crippen molar-refractivity contribution in [2.24, 2.45) is 0 Å². The van der Waals surface area contributed by atoms with Crippen molar-refractivity contribution in [1.29, 1.82) is 0 Å². The van der Waals surface area contributed by atoms with Crippen molar-refractivity contribution in [2.75, 3.05) is 12.8 Å². The number of aromatic nitrogens is 6. The summed E-state index contributed by atoms with van der Waals surface area (Å²) in [5.41, 5.74) is 8.72. The molecule has 0 bridgehead atoms. The molecule has 1 amide bonds. The Morgan fingerprint density at radius 1 is 1.05 bits per heavy atom. The van der Waals surface area contributed by atoms with Gasteiger partial charge in [-0.2, -0.15) is 14.6 Å². The van der Waals surface area contributed by atoms with Gasteiger partial charge in [0.1, 0.15) is 5.75 Å². The zero-order valence-corrected chi connectivity index (χ0v) is 19.8. The number of hydrogen-bond acceptors (Lipinski definition) is 8. The first-order valence-electron chi connectivity index (χ1n) is 11.5. The number of furan rings is 1. The molecular weight excluding hydrogens is 472 g/mol. The summed E-state index contributed by atoms with van der Waals surface area (Å²) in [5, 5.41) is 12.6. The second-order valence-corrected chi connectivity index (χ2v) is 8.29. The number of anilines is 1. The molecule has 1 atom stereocenters. The van der Waals surface area contributed by atoms with Crippen molar-refractivity contribution in [3.05, 3.63) is 90.3 Å². The Labute approximate surface area is 210 Å². The highest BCUT2D eigenvalue weighted by atomic mass is 16.5. The summed E-state index contributed by atoms with van der Waals surface area (Å²) in [7, 11) is 1.60. The molecular formula is C26H22N8O3. The lowest BCUT2D eigenvalue weighted by Gasteiger charge is -2.19. The molecule has 37 heavy (non-hydrogen) atoms. The van der Waals surface area contributed by atoms with E-state index in [1.807, 2.05) is 54.6 Å². The van der Waals surface area contributed by atoms with E-state index in [2.05, 4.69) is 25.5 Å². The zero-order valence-electron chi connectivity index (χ0n) is 19.8. The molecule has 11 heteroatoms. The van der Waals surface area contributed by atoms with Gasteiger partial charge in [-0.15, -0.1) is 5.10 Å². The van der Waals surface area contributed by atoms with Gasteiger partial charge in [0.25, 0.3) is 0 Å². The lowest BCUT2D eigenvalue weighted by atomic mass is 10.1. The van der Waals surface area contributed by atoms with Gasteiger partial charge in [0, 0.05) is 12.1 Å². The van der Waals surface area contributed by atoms with Gasteiger partial charge in [0.15, 0.2) is 23.1 Å². The summed E-state index contributed by atoms with van der Waals surface area (Å²) in [6.45, 7) is 0.280. The van der Waals surface area contributed by atoms with Gasteiger partial charge in [-0.3, -0.25) is 4.79 Å². The number of ether oxygens (including phenoxy) is 1. The van der Waals surface area contributed by atoms with Crippen LogP contribution in [0.25, 0.3) is 28.3 Å². The largest absolute Gasteiger partial charge is 0.496 e. The first kappa shape index (κ1) is 22.3. The molecule has 0 saturated heterocycles. The van der Waals surface area contributed by atoms with Crippen molar-refractivity contribution < 1.29 is 13.9 Å². The number of nitrogens with two attached hydrogens (primary N) is 1. The third-order valence-corrected chi connectivity index (χ3v) is 6.05. The number of para-hydroxylation sites is 1. The Morgan fingerprint density at radius 2 is 1.86 bits per heavy atom. The molecule has 6 aromatic rings. The van der Waals surface area contributed by atoms with Crippen LogP contribution in [0, 0.1) is 0 Å². The number of methoxy groups -OCH3 is 1. The molecule has 0 radical (unpaired) electrons. The van der Waals surface area contributed by atoms with Crippen LogP contribution in [0.4, 0.5) is 5.95 Å². The van der Waals surface area contributed by atoms with Crippen molar-refractivity contribution in [3.63, 3.8) is 0 Å². The molecule has 0 spiro atoms. The predicted octanol–water partition coefficient (Wildman–Crippen LogP) is 3.23. The lowest BCUT2D eigenvalue weighted by molar-refractivity contribution is -0.123. The number of nitrogens with zero attached hydrogens (tertiary/aromatic N) is 6. The molecule has 1 unspecified atom stereocenters. The molecule has 0 aliphatic carbocycles. The molecule has 0 aliphatic rings. The Kier molecular flexibility index (Phi) is 5.49. The predicted molar refractivity (Wildman–Crippen MR) is 136 cm³/mol. The van der Waals surface area contributed by atoms with Gasteiger partial charge in [0.05, 0.1) is 25.0 Å². The Balaban J connectivity index is 1.43. The highest BCUT2D eigenvalue weighted by molar-refractivity contribution is 5.92. The van der Waals surface area contributed by atoms with E-state index in [1.165, 1.54) is 4.52 Å². The lowest BCUT2D eigenvalue weighted by Crippen LogP contribution is -2.33. The number of nitrogens with one attached hydrogen (secondary N) is 1. The molecule has 4 aromatic heterocycles. The number of benzene rings is 2. The van der Waals surface area contributed by atoms with Gasteiger partial charge in [-0.05, 0) is 23.8 Å². The number of hydrogen-bond donors (Lipinski definition) is 2. The fourth-order valence-electron chi connectivity index (χ4n) is 4.29. The van der Waals surface area contributed by atoms with Crippen molar-refractivity contribution in [1.82, 2.24) is 34.7 Å². The van der Waals surface area contributed by atoms with E-state index in [0.717, 1.165) is 11.1 Å². The van der Waals surface area contributed by atoms with Crippen LogP contribution in [0.2, 0.25) is 0 Å². The summed E-state index contributed by atoms with van der Waals surface area (Å²) < 4.78 is 13.8. The van der Waals surface area contributed by atoms with Crippen LogP contribution in [0.1, 0.15) is 17.2 Å². The number of carbonyl (C=O) groups is 1. The van der Waals surface area contributed by atoms with Crippen LogP contribution >= 0.6 is 0 Å². The third kappa shape index (κ3) is 3.92. The van der Waals surface area contributed by atoms with Crippen molar-refractivity contribution in [2.45, 2.75) is 12.6 Å². The van der Waals surface area contributed by atoms with Crippen LogP contribution in [0.5, 0.6) is 5.75 Å². The summed E-state index contributed by atoms with van der Waals surface area (Å²) in [6.07, 6.45) is 3.16. The topological polar surface area (TPSA) is 138 Å². The minimum absolute atomic E-state index is 0.107. The molecule has 6 rings (SSSR count). The minimum atomic E-state index is -0.810. The van der Waals surface area contributed by atoms with Gasteiger partial charge in [-0.25, -0.2) is 9.67 Å². The highest BCUT2D eigenvalue weighted by Gasteiger charge is 2.27. The maximum atomic E-state index is 13.6. The van der Waals surface area contributed by atoms with E-state index in [9.17, 15) is 4.79 Å². The standard InChI is InChI=1S/C26H22N8O3/c1-36-19-11-6-5-10-17(19)14-28-25(35)21(16-8-3-2-4-9-16)33-24-18(15-29-33)23-30-22(20-12-7-13-37-20)32-34(23)26(27)31-24/h2-13,15,21H,14H2,1H3,(H2,27,31)(H,28,35). The second-order valence-electron chi connectivity index (χ2n) is 8.29. The van der Waals surface area contributed by atoms with Crippen molar-refractivity contribution in [3.8, 4) is 17.3 Å². The number of carbonyl (C=O) groups excluding carboxylic acids is 1. The molecule has 0 fully saturated rings. The van der Waals surface area contributed by atoms with E-state index in [4.69, 9.17) is 14.9 Å². The Bertz CT molecular complexity index is 1710. The molecule has 0 saturated carbocycles. The monoisotopic (exact) mass is 494 g/mol. The van der Waals surface area contributed by atoms with Crippen LogP contribution < -0.4 is 15.8 Å². The smallest absolute Gasteiger partial charge is 0.249 e. The van der Waals surface area contributed by atoms with E-state index < -0.39 is 6.04 Å². The fraction of sp³-hybridized carbons (Fsp3) is 0.115. The summed E-state index contributed by atoms with van der Waals surface area (Å²) >= 11 is 0. The average Bonchev–Trinajstić information content (AvgIpc) is 3.69. The van der Waals surface area contributed by atoms with E-state index in [0.29, 0.717) is 34.0 Å². The first-order chi connectivity index (χ1) is 18.1. The molecule has 0 aliphatic heterocycles. The molecule has 11 nitrogen and oxygen atoms in total. The maximum Gasteiger partial charge on any atom is 0.249 e. The molecule has 4 heterocycles. The summed E-state index contributed by atoms with van der Waals surface area (Å²) in [5.74, 6) is 1.41. The van der Waals surface area contributed by atoms with Gasteiger partial charge in [0.2, 0.25) is 17.7 Å². The van der Waals surface area contributed by atoms with Crippen LogP contribution in [-0.4, -0.2) is 42.4 Å². The zero-order chi connectivity index (χ0) is 25.4. The normalized spacial score (nSPS) is 12.1. The third-order valence-electron chi connectivity index (χ3n) is 6.05. The van der Waals surface area contributed by atoms with Crippen LogP contribution in [-0.2, 0) is 11.3 Å². The second kappa shape index (κ2) is 9.11. The summed E-state index contributed by atoms with van der Waals surface area (Å²) in [6, 6.07) is 19.6. The highest BCUT2D eigenvalue weighted by Crippen LogP contribution is 2.28. The maximum absolute atomic E-state index is 13.6. The van der Waals surface area contributed by atoms with Crippen molar-refractivity contribution >= 4 is 28.5 Å². The fourth-order valence-corrected chi connectivity index (χ4v) is 4.29. The SMILES string of the molecule is COc1ccccc1CNC(=O)C(c1ccccc1)n1ncc2c1nc(N)n1nc(-c3ccco3)nc21. The van der Waals surface area contributed by atoms with E-state index >= 15 is 0 Å².